The Morgan fingerprint density at radius 2 is 1.56 bits per heavy atom. The van der Waals surface area contributed by atoms with Crippen LogP contribution in [-0.2, 0) is 14.6 Å². The van der Waals surface area contributed by atoms with Gasteiger partial charge in [-0.15, -0.1) is 0 Å². The number of nitrogens with one attached hydrogen (secondary N) is 1. The molecule has 3 aliphatic rings. The Morgan fingerprint density at radius 3 is 2.03 bits per heavy atom. The summed E-state index contributed by atoms with van der Waals surface area (Å²) in [6, 6.07) is 5.29. The lowest BCUT2D eigenvalue weighted by Gasteiger charge is -2.40. The van der Waals surface area contributed by atoms with Crippen LogP contribution in [0.25, 0.3) is 0 Å². The molecule has 0 heterocycles. The number of rotatable bonds is 9. The van der Waals surface area contributed by atoms with Crippen molar-refractivity contribution in [1.29, 1.82) is 0 Å². The van der Waals surface area contributed by atoms with E-state index in [0.29, 0.717) is 18.1 Å². The SMILES string of the molecule is NC(=O)C(=CNC1CCC(N(C2CC2)C2CC2)CC1N)C(N)=Nc1ccc(S(=O)(=O)C(F)(F)F)cc1. The first-order chi connectivity index (χ1) is 16.9. The van der Waals surface area contributed by atoms with Crippen molar-refractivity contribution in [2.24, 2.45) is 22.2 Å². The second-order valence-electron chi connectivity index (χ2n) is 9.68. The van der Waals surface area contributed by atoms with Crippen molar-refractivity contribution in [2.45, 2.75) is 85.6 Å². The molecule has 3 unspecified atom stereocenters. The molecular formula is C23H31F3N6O3S. The minimum absolute atomic E-state index is 0.0539. The highest BCUT2D eigenvalue weighted by Crippen LogP contribution is 2.41. The summed E-state index contributed by atoms with van der Waals surface area (Å²) in [7, 11) is -5.48. The summed E-state index contributed by atoms with van der Waals surface area (Å²) < 4.78 is 61.1. The Hall–Kier alpha value is -2.64. The van der Waals surface area contributed by atoms with Gasteiger partial charge in [-0.25, -0.2) is 13.4 Å². The molecule has 3 atom stereocenters. The Morgan fingerprint density at radius 1 is 1.00 bits per heavy atom. The van der Waals surface area contributed by atoms with E-state index >= 15 is 0 Å². The zero-order valence-electron chi connectivity index (χ0n) is 19.6. The van der Waals surface area contributed by atoms with Gasteiger partial charge in [-0.1, -0.05) is 0 Å². The molecule has 7 N–H and O–H groups in total. The van der Waals surface area contributed by atoms with Crippen LogP contribution in [0.15, 0.2) is 45.9 Å². The van der Waals surface area contributed by atoms with Crippen LogP contribution in [0, 0.1) is 0 Å². The molecule has 198 valence electrons. The highest BCUT2D eigenvalue weighted by atomic mass is 32.2. The van der Waals surface area contributed by atoms with E-state index in [9.17, 15) is 26.4 Å². The summed E-state index contributed by atoms with van der Waals surface area (Å²) in [4.78, 5) is 17.7. The molecule has 13 heteroatoms. The Bertz CT molecular complexity index is 1130. The molecule has 0 aromatic heterocycles. The largest absolute Gasteiger partial charge is 0.501 e. The lowest BCUT2D eigenvalue weighted by atomic mass is 9.86. The summed E-state index contributed by atoms with van der Waals surface area (Å²) in [5.74, 6) is -1.12. The quantitative estimate of drug-likeness (QED) is 0.216. The zero-order valence-corrected chi connectivity index (χ0v) is 20.4. The van der Waals surface area contributed by atoms with Crippen LogP contribution in [0.2, 0.25) is 0 Å². The van der Waals surface area contributed by atoms with E-state index in [1.807, 2.05) is 0 Å². The summed E-state index contributed by atoms with van der Waals surface area (Å²) in [6.07, 6.45) is 9.06. The van der Waals surface area contributed by atoms with Crippen molar-refractivity contribution in [3.05, 3.63) is 36.0 Å². The monoisotopic (exact) mass is 528 g/mol. The van der Waals surface area contributed by atoms with Crippen LogP contribution in [0.1, 0.15) is 44.9 Å². The first-order valence-electron chi connectivity index (χ1n) is 11.9. The van der Waals surface area contributed by atoms with Gasteiger partial charge in [-0.2, -0.15) is 13.2 Å². The lowest BCUT2D eigenvalue weighted by Crippen LogP contribution is -2.53. The molecule has 3 fully saturated rings. The molecule has 9 nitrogen and oxygen atoms in total. The molecule has 1 aromatic carbocycles. The van der Waals surface area contributed by atoms with E-state index in [1.165, 1.54) is 31.9 Å². The molecule has 1 aromatic rings. The fourth-order valence-corrected chi connectivity index (χ4v) is 5.56. The smallest absolute Gasteiger partial charge is 0.386 e. The summed E-state index contributed by atoms with van der Waals surface area (Å²) in [5, 5.41) is 3.14. The maximum Gasteiger partial charge on any atom is 0.501 e. The van der Waals surface area contributed by atoms with Gasteiger partial charge in [0.1, 0.15) is 5.84 Å². The highest BCUT2D eigenvalue weighted by molar-refractivity contribution is 7.92. The summed E-state index contributed by atoms with van der Waals surface area (Å²) in [5.41, 5.74) is 12.4. The minimum atomic E-state index is -5.48. The van der Waals surface area contributed by atoms with Crippen molar-refractivity contribution < 1.29 is 26.4 Å². The van der Waals surface area contributed by atoms with Crippen LogP contribution >= 0.6 is 0 Å². The number of hydrogen-bond acceptors (Lipinski definition) is 7. The Labute approximate surface area is 207 Å². The molecule has 4 rings (SSSR count). The van der Waals surface area contributed by atoms with E-state index in [0.717, 1.165) is 43.5 Å². The lowest BCUT2D eigenvalue weighted by molar-refractivity contribution is -0.114. The van der Waals surface area contributed by atoms with E-state index in [-0.39, 0.29) is 29.2 Å². The van der Waals surface area contributed by atoms with Crippen molar-refractivity contribution in [2.75, 3.05) is 0 Å². The number of sulfone groups is 1. The average Bonchev–Trinajstić information content (AvgIpc) is 3.71. The van der Waals surface area contributed by atoms with Crippen LogP contribution in [-0.4, -0.2) is 60.8 Å². The first kappa shape index (κ1) is 26.4. The molecule has 0 bridgehead atoms. The molecule has 0 spiro atoms. The number of primary amides is 1. The number of benzene rings is 1. The van der Waals surface area contributed by atoms with Crippen LogP contribution in [0.5, 0.6) is 0 Å². The van der Waals surface area contributed by atoms with Gasteiger partial charge < -0.3 is 22.5 Å². The van der Waals surface area contributed by atoms with E-state index < -0.39 is 26.1 Å². The van der Waals surface area contributed by atoms with Gasteiger partial charge in [-0.05, 0) is 69.2 Å². The molecule has 0 saturated heterocycles. The van der Waals surface area contributed by atoms with Gasteiger partial charge in [0, 0.05) is 36.4 Å². The number of nitrogens with zero attached hydrogens (tertiary/aromatic N) is 2. The maximum absolute atomic E-state index is 12.7. The van der Waals surface area contributed by atoms with Gasteiger partial charge in [0.15, 0.2) is 0 Å². The average molecular weight is 529 g/mol. The number of nitrogens with two attached hydrogens (primary N) is 3. The number of hydrogen-bond donors (Lipinski definition) is 4. The van der Waals surface area contributed by atoms with Gasteiger partial charge >= 0.3 is 5.51 Å². The van der Waals surface area contributed by atoms with Crippen molar-refractivity contribution in [1.82, 2.24) is 10.2 Å². The van der Waals surface area contributed by atoms with Crippen LogP contribution < -0.4 is 22.5 Å². The summed E-state index contributed by atoms with van der Waals surface area (Å²) >= 11 is 0. The predicted octanol–water partition coefficient (Wildman–Crippen LogP) is 1.80. The molecular weight excluding hydrogens is 497 g/mol. The Balaban J connectivity index is 1.41. The zero-order chi connectivity index (χ0) is 26.3. The second kappa shape index (κ2) is 10.0. The molecule has 0 radical (unpaired) electrons. The first-order valence-corrected chi connectivity index (χ1v) is 13.4. The van der Waals surface area contributed by atoms with Gasteiger partial charge in [0.25, 0.3) is 15.7 Å². The number of halogens is 3. The number of alkyl halides is 3. The molecule has 0 aliphatic heterocycles. The van der Waals surface area contributed by atoms with Crippen LogP contribution in [0.4, 0.5) is 18.9 Å². The van der Waals surface area contributed by atoms with Crippen LogP contribution in [0.3, 0.4) is 0 Å². The third kappa shape index (κ3) is 5.84. The number of amidine groups is 1. The third-order valence-corrected chi connectivity index (χ3v) is 8.42. The van der Waals surface area contributed by atoms with Gasteiger partial charge in [0.2, 0.25) is 0 Å². The highest BCUT2D eigenvalue weighted by Gasteiger charge is 2.47. The normalized spacial score (nSPS) is 26.2. The summed E-state index contributed by atoms with van der Waals surface area (Å²) in [6.45, 7) is 0. The number of carbonyl (C=O) groups is 1. The maximum atomic E-state index is 12.7. The topological polar surface area (TPSA) is 157 Å². The van der Waals surface area contributed by atoms with E-state index in [1.54, 1.807) is 0 Å². The molecule has 3 aliphatic carbocycles. The Kier molecular flexibility index (Phi) is 7.35. The van der Waals surface area contributed by atoms with E-state index in [2.05, 4.69) is 15.2 Å². The number of carbonyl (C=O) groups excluding carboxylic acids is 1. The minimum Gasteiger partial charge on any atom is -0.386 e. The second-order valence-corrected chi connectivity index (χ2v) is 11.6. The fraction of sp³-hybridized carbons (Fsp3) is 0.565. The van der Waals surface area contributed by atoms with Crippen molar-refractivity contribution in [3.8, 4) is 0 Å². The van der Waals surface area contributed by atoms with E-state index in [4.69, 9.17) is 17.2 Å². The predicted molar refractivity (Wildman–Crippen MR) is 129 cm³/mol. The standard InChI is InChI=1S/C23H31F3N6O3S/c24-23(25,26)36(34,35)17-8-1-13(2-9-17)31-21(28)18(22(29)33)12-30-20-10-7-16(11-19(20)27)32(14-3-4-14)15-5-6-15/h1-2,8-9,12,14-16,19-20,30H,3-7,10-11,27H2,(H2,28,31)(H2,29,33). The number of amides is 1. The van der Waals surface area contributed by atoms with Gasteiger partial charge in [-0.3, -0.25) is 9.69 Å². The fourth-order valence-electron chi connectivity index (χ4n) is 4.79. The molecule has 3 saturated carbocycles. The van der Waals surface area contributed by atoms with Crippen molar-refractivity contribution in [3.63, 3.8) is 0 Å². The number of aliphatic imine (C=N–C) groups is 1. The molecule has 1 amide bonds. The third-order valence-electron chi connectivity index (χ3n) is 6.92. The van der Waals surface area contributed by atoms with Crippen molar-refractivity contribution >= 4 is 27.3 Å². The van der Waals surface area contributed by atoms with Gasteiger partial charge in [0.05, 0.1) is 16.2 Å². The molecule has 36 heavy (non-hydrogen) atoms.